The Morgan fingerprint density at radius 3 is 3.00 bits per heavy atom. The molecule has 1 atom stereocenters. The maximum absolute atomic E-state index is 9.82. The van der Waals surface area contributed by atoms with Crippen LogP contribution in [0.5, 0.6) is 0 Å². The molecule has 0 aliphatic carbocycles. The Kier molecular flexibility index (Phi) is 6.51. The number of thioether (sulfide) groups is 1. The molecule has 3 nitrogen and oxygen atoms in total. The smallest absolute Gasteiger partial charge is 0.0897 e. The molecule has 0 spiro atoms. The summed E-state index contributed by atoms with van der Waals surface area (Å²) in [7, 11) is 0. The molecule has 1 aromatic rings. The van der Waals surface area contributed by atoms with Crippen LogP contribution in [0.4, 0.5) is 0 Å². The van der Waals surface area contributed by atoms with Gasteiger partial charge in [-0.1, -0.05) is 6.07 Å². The number of hydrogen-bond donors (Lipinski definition) is 2. The van der Waals surface area contributed by atoms with Crippen molar-refractivity contribution in [1.82, 2.24) is 5.32 Å². The lowest BCUT2D eigenvalue weighted by atomic mass is 10.1. The molecule has 2 N–H and O–H groups in total. The van der Waals surface area contributed by atoms with Crippen LogP contribution in [-0.4, -0.2) is 41.9 Å². The van der Waals surface area contributed by atoms with Crippen molar-refractivity contribution in [3.8, 4) is 0 Å². The third kappa shape index (κ3) is 5.28. The summed E-state index contributed by atoms with van der Waals surface area (Å²) in [5.41, 5.74) is 0. The minimum Gasteiger partial charge on any atom is -0.389 e. The van der Waals surface area contributed by atoms with Crippen LogP contribution in [0.3, 0.4) is 0 Å². The van der Waals surface area contributed by atoms with Crippen molar-refractivity contribution in [3.63, 3.8) is 0 Å². The van der Waals surface area contributed by atoms with Crippen LogP contribution in [0.2, 0.25) is 0 Å². The van der Waals surface area contributed by atoms with Gasteiger partial charge in [-0.25, -0.2) is 0 Å². The molecule has 1 aliphatic heterocycles. The van der Waals surface area contributed by atoms with Gasteiger partial charge >= 0.3 is 0 Å². The van der Waals surface area contributed by atoms with Gasteiger partial charge in [-0.2, -0.15) is 11.8 Å². The molecule has 5 heteroatoms. The van der Waals surface area contributed by atoms with E-state index in [4.69, 9.17) is 4.74 Å². The van der Waals surface area contributed by atoms with Crippen molar-refractivity contribution < 1.29 is 9.84 Å². The summed E-state index contributed by atoms with van der Waals surface area (Å²) in [6.45, 7) is 1.65. The molecule has 18 heavy (non-hydrogen) atoms. The highest BCUT2D eigenvalue weighted by Crippen LogP contribution is 2.16. The Balaban J connectivity index is 1.53. The van der Waals surface area contributed by atoms with Gasteiger partial charge in [0.15, 0.2) is 0 Å². The van der Waals surface area contributed by atoms with Crippen LogP contribution in [0.1, 0.15) is 17.7 Å². The zero-order valence-electron chi connectivity index (χ0n) is 10.5. The van der Waals surface area contributed by atoms with E-state index in [9.17, 15) is 5.11 Å². The molecule has 0 aromatic carbocycles. The Morgan fingerprint density at radius 2 is 2.28 bits per heavy atom. The molecule has 0 saturated carbocycles. The average molecular weight is 287 g/mol. The summed E-state index contributed by atoms with van der Waals surface area (Å²) in [5, 5.41) is 15.3. The van der Waals surface area contributed by atoms with Crippen LogP contribution >= 0.6 is 23.1 Å². The van der Waals surface area contributed by atoms with Gasteiger partial charge in [0, 0.05) is 17.5 Å². The largest absolute Gasteiger partial charge is 0.389 e. The predicted octanol–water partition coefficient (Wildman–Crippen LogP) is 2.11. The lowest BCUT2D eigenvalue weighted by molar-refractivity contribution is 0.0284. The predicted molar refractivity (Wildman–Crippen MR) is 78.3 cm³/mol. The summed E-state index contributed by atoms with van der Waals surface area (Å²) in [6.07, 6.45) is 2.03. The molecule has 1 saturated heterocycles. The molecule has 1 aromatic heterocycles. The maximum atomic E-state index is 9.82. The number of aliphatic hydroxyl groups is 1. The molecule has 2 heterocycles. The summed E-state index contributed by atoms with van der Waals surface area (Å²) < 4.78 is 5.50. The molecular formula is C13H21NO2S2. The molecule has 1 fully saturated rings. The third-order valence-corrected chi connectivity index (χ3v) is 4.90. The fourth-order valence-corrected chi connectivity index (χ4v) is 3.70. The molecule has 0 amide bonds. The highest BCUT2D eigenvalue weighted by atomic mass is 32.2. The molecule has 1 unspecified atom stereocenters. The monoisotopic (exact) mass is 287 g/mol. The third-order valence-electron chi connectivity index (χ3n) is 3.00. The quantitative estimate of drug-likeness (QED) is 0.806. The number of nitrogens with one attached hydrogen (secondary N) is 1. The van der Waals surface area contributed by atoms with E-state index in [2.05, 4.69) is 11.4 Å². The second kappa shape index (κ2) is 8.17. The first-order valence-electron chi connectivity index (χ1n) is 6.44. The van der Waals surface area contributed by atoms with Gasteiger partial charge in [-0.05, 0) is 35.8 Å². The first-order valence-corrected chi connectivity index (χ1v) is 8.47. The highest BCUT2D eigenvalue weighted by molar-refractivity contribution is 7.99. The standard InChI is InChI=1S/C13H21NO2S2/c15-12(8-14-11-3-6-17-7-4-11)9-16-10-13-2-1-5-18-13/h1-2,5,11-12,14-15H,3-4,6-10H2. The number of hydrogen-bond acceptors (Lipinski definition) is 5. The summed E-state index contributed by atoms with van der Waals surface area (Å²) >= 11 is 3.71. The van der Waals surface area contributed by atoms with Crippen LogP contribution in [0.15, 0.2) is 17.5 Å². The fourth-order valence-electron chi connectivity index (χ4n) is 1.95. The van der Waals surface area contributed by atoms with E-state index in [0.29, 0.717) is 25.8 Å². The lowest BCUT2D eigenvalue weighted by Gasteiger charge is -2.24. The minimum absolute atomic E-state index is 0.403. The van der Waals surface area contributed by atoms with Crippen LogP contribution in [0.25, 0.3) is 0 Å². The van der Waals surface area contributed by atoms with E-state index in [1.54, 1.807) is 11.3 Å². The Bertz CT molecular complexity index is 313. The average Bonchev–Trinajstić information content (AvgIpc) is 2.91. The first kappa shape index (κ1) is 14.3. The first-order chi connectivity index (χ1) is 8.84. The lowest BCUT2D eigenvalue weighted by Crippen LogP contribution is -2.39. The van der Waals surface area contributed by atoms with Gasteiger partial charge in [0.25, 0.3) is 0 Å². The van der Waals surface area contributed by atoms with Crippen molar-refractivity contribution in [2.75, 3.05) is 24.7 Å². The number of rotatable bonds is 7. The van der Waals surface area contributed by atoms with Crippen LogP contribution < -0.4 is 5.32 Å². The molecule has 2 rings (SSSR count). The van der Waals surface area contributed by atoms with Crippen molar-refractivity contribution in [3.05, 3.63) is 22.4 Å². The van der Waals surface area contributed by atoms with Gasteiger partial charge in [0.1, 0.15) is 0 Å². The Hall–Kier alpha value is -0.0700. The molecule has 0 bridgehead atoms. The summed E-state index contributed by atoms with van der Waals surface area (Å²) in [4.78, 5) is 1.21. The zero-order valence-corrected chi connectivity index (χ0v) is 12.1. The van der Waals surface area contributed by atoms with E-state index in [-0.39, 0.29) is 0 Å². The van der Waals surface area contributed by atoms with Gasteiger partial charge < -0.3 is 15.2 Å². The second-order valence-corrected chi connectivity index (χ2v) is 6.80. The Morgan fingerprint density at radius 1 is 1.44 bits per heavy atom. The number of ether oxygens (including phenoxy) is 1. The van der Waals surface area contributed by atoms with E-state index in [1.807, 2.05) is 23.2 Å². The van der Waals surface area contributed by atoms with Gasteiger partial charge in [0.05, 0.1) is 19.3 Å². The van der Waals surface area contributed by atoms with Crippen molar-refractivity contribution in [2.24, 2.45) is 0 Å². The molecule has 102 valence electrons. The molecular weight excluding hydrogens is 266 g/mol. The van der Waals surface area contributed by atoms with Crippen molar-refractivity contribution >= 4 is 23.1 Å². The molecule has 1 aliphatic rings. The minimum atomic E-state index is -0.403. The van der Waals surface area contributed by atoms with E-state index in [0.717, 1.165) is 0 Å². The Labute approximate surface area is 117 Å². The highest BCUT2D eigenvalue weighted by Gasteiger charge is 2.14. The summed E-state index contributed by atoms with van der Waals surface area (Å²) in [5.74, 6) is 2.48. The van der Waals surface area contributed by atoms with Crippen molar-refractivity contribution in [2.45, 2.75) is 31.6 Å². The number of aliphatic hydroxyl groups excluding tert-OH is 1. The van der Waals surface area contributed by atoms with Crippen LogP contribution in [-0.2, 0) is 11.3 Å². The number of thiophene rings is 1. The van der Waals surface area contributed by atoms with Gasteiger partial charge in [0.2, 0.25) is 0 Å². The topological polar surface area (TPSA) is 41.5 Å². The maximum Gasteiger partial charge on any atom is 0.0897 e. The zero-order chi connectivity index (χ0) is 12.6. The van der Waals surface area contributed by atoms with Crippen molar-refractivity contribution in [1.29, 1.82) is 0 Å². The van der Waals surface area contributed by atoms with Crippen LogP contribution in [0, 0.1) is 0 Å². The van der Waals surface area contributed by atoms with E-state index >= 15 is 0 Å². The van der Waals surface area contributed by atoms with E-state index < -0.39 is 6.10 Å². The molecule has 0 radical (unpaired) electrons. The normalized spacial score (nSPS) is 18.9. The summed E-state index contributed by atoms with van der Waals surface area (Å²) in [6, 6.07) is 4.65. The van der Waals surface area contributed by atoms with E-state index in [1.165, 1.54) is 29.2 Å². The van der Waals surface area contributed by atoms with Gasteiger partial charge in [-0.15, -0.1) is 11.3 Å². The SMILES string of the molecule is OC(CNC1CCSCC1)COCc1cccs1. The second-order valence-electron chi connectivity index (χ2n) is 4.54. The van der Waals surface area contributed by atoms with Gasteiger partial charge in [-0.3, -0.25) is 0 Å². The fraction of sp³-hybridized carbons (Fsp3) is 0.692.